The molecule has 128 valence electrons. The molecule has 2 amide bonds. The first-order chi connectivity index (χ1) is 11.3. The quantitative estimate of drug-likeness (QED) is 0.601. The van der Waals surface area contributed by atoms with E-state index in [4.69, 9.17) is 9.47 Å². The van der Waals surface area contributed by atoms with E-state index in [1.54, 1.807) is 39.2 Å². The first-order valence-electron chi connectivity index (χ1n) is 7.41. The number of carbonyl (C=O) groups excluding carboxylic acids is 3. The van der Waals surface area contributed by atoms with Gasteiger partial charge in [-0.05, 0) is 61.9 Å². The van der Waals surface area contributed by atoms with Crippen LogP contribution in [0.3, 0.4) is 0 Å². The van der Waals surface area contributed by atoms with Gasteiger partial charge in [0, 0.05) is 0 Å². The van der Waals surface area contributed by atoms with Crippen molar-refractivity contribution in [3.63, 3.8) is 0 Å². The van der Waals surface area contributed by atoms with E-state index in [1.807, 2.05) is 13.0 Å². The third kappa shape index (κ3) is 4.17. The Labute approximate surface area is 144 Å². The van der Waals surface area contributed by atoms with Crippen molar-refractivity contribution in [2.45, 2.75) is 26.9 Å². The molecular formula is C17H19NO5S. The fourth-order valence-electron chi connectivity index (χ4n) is 2.21. The summed E-state index contributed by atoms with van der Waals surface area (Å²) < 4.78 is 10.2. The molecule has 24 heavy (non-hydrogen) atoms. The summed E-state index contributed by atoms with van der Waals surface area (Å²) >= 11 is 0.813. The summed E-state index contributed by atoms with van der Waals surface area (Å²) in [6.45, 7) is 4.93. The first kappa shape index (κ1) is 18.1. The molecule has 0 N–H and O–H groups in total. The number of carbonyl (C=O) groups is 3. The molecular weight excluding hydrogens is 330 g/mol. The molecule has 1 heterocycles. The Morgan fingerprint density at radius 1 is 1.33 bits per heavy atom. The maximum atomic E-state index is 12.3. The van der Waals surface area contributed by atoms with E-state index >= 15 is 0 Å². The number of nitrogens with zero attached hydrogens (tertiary/aromatic N) is 1. The summed E-state index contributed by atoms with van der Waals surface area (Å²) in [5, 5.41) is -0.475. The van der Waals surface area contributed by atoms with Gasteiger partial charge in [0.25, 0.3) is 11.1 Å². The number of ether oxygens (including phenoxy) is 2. The number of amides is 2. The number of rotatable bonds is 5. The van der Waals surface area contributed by atoms with Gasteiger partial charge in [-0.15, -0.1) is 0 Å². The van der Waals surface area contributed by atoms with E-state index in [0.717, 1.165) is 33.5 Å². The van der Waals surface area contributed by atoms with Crippen LogP contribution in [0.2, 0.25) is 0 Å². The highest BCUT2D eigenvalue weighted by Gasteiger charge is 2.36. The lowest BCUT2D eigenvalue weighted by atomic mass is 10.1. The molecule has 1 aliphatic rings. The van der Waals surface area contributed by atoms with Crippen LogP contribution in [0.25, 0.3) is 6.08 Å². The van der Waals surface area contributed by atoms with E-state index in [1.165, 1.54) is 0 Å². The Morgan fingerprint density at radius 3 is 2.62 bits per heavy atom. The Morgan fingerprint density at radius 2 is 2.04 bits per heavy atom. The van der Waals surface area contributed by atoms with E-state index in [9.17, 15) is 14.4 Å². The van der Waals surface area contributed by atoms with Gasteiger partial charge in [0.2, 0.25) is 0 Å². The van der Waals surface area contributed by atoms with Crippen LogP contribution in [-0.2, 0) is 14.3 Å². The average molecular weight is 349 g/mol. The molecule has 0 unspecified atom stereocenters. The monoisotopic (exact) mass is 349 g/mol. The van der Waals surface area contributed by atoms with Crippen molar-refractivity contribution in [2.24, 2.45) is 0 Å². The van der Waals surface area contributed by atoms with Gasteiger partial charge in [-0.2, -0.15) is 0 Å². The predicted molar refractivity (Wildman–Crippen MR) is 91.6 cm³/mol. The van der Waals surface area contributed by atoms with Gasteiger partial charge in [-0.3, -0.25) is 19.3 Å². The van der Waals surface area contributed by atoms with Gasteiger partial charge in [0.05, 0.1) is 18.1 Å². The molecule has 0 atom stereocenters. The lowest BCUT2D eigenvalue weighted by molar-refractivity contribution is -0.149. The second kappa shape index (κ2) is 7.53. The molecule has 1 aliphatic heterocycles. The van der Waals surface area contributed by atoms with Gasteiger partial charge in [0.15, 0.2) is 0 Å². The van der Waals surface area contributed by atoms with Crippen LogP contribution >= 0.6 is 11.8 Å². The maximum Gasteiger partial charge on any atom is 0.326 e. The molecule has 0 bridgehead atoms. The molecule has 7 heteroatoms. The van der Waals surface area contributed by atoms with Crippen LogP contribution < -0.4 is 4.74 Å². The summed E-state index contributed by atoms with van der Waals surface area (Å²) in [4.78, 5) is 37.2. The van der Waals surface area contributed by atoms with Gasteiger partial charge in [-0.1, -0.05) is 6.07 Å². The van der Waals surface area contributed by atoms with Crippen molar-refractivity contribution in [3.05, 3.63) is 34.2 Å². The standard InChI is InChI=1S/C17H19NO5S/c1-10(2)23-15(19)9-18-16(20)14(24-17(18)21)8-12-5-6-13(22-4)11(3)7-12/h5-8,10H,9H2,1-4H3/b14-8+. The van der Waals surface area contributed by atoms with Crippen LogP contribution in [0.1, 0.15) is 25.0 Å². The highest BCUT2D eigenvalue weighted by atomic mass is 32.2. The fourth-order valence-corrected chi connectivity index (χ4v) is 3.05. The van der Waals surface area contributed by atoms with Crippen molar-refractivity contribution in [1.82, 2.24) is 4.90 Å². The van der Waals surface area contributed by atoms with Crippen molar-refractivity contribution in [2.75, 3.05) is 13.7 Å². The minimum absolute atomic E-state index is 0.280. The van der Waals surface area contributed by atoms with Crippen molar-refractivity contribution >= 4 is 35.0 Å². The van der Waals surface area contributed by atoms with E-state index in [-0.39, 0.29) is 17.6 Å². The highest BCUT2D eigenvalue weighted by molar-refractivity contribution is 8.18. The average Bonchev–Trinajstić information content (AvgIpc) is 2.74. The largest absolute Gasteiger partial charge is 0.496 e. The molecule has 0 saturated carbocycles. The Kier molecular flexibility index (Phi) is 5.66. The lowest BCUT2D eigenvalue weighted by Gasteiger charge is -2.13. The molecule has 1 aromatic carbocycles. The number of hydrogen-bond donors (Lipinski definition) is 0. The molecule has 0 spiro atoms. The Hall–Kier alpha value is -2.28. The number of esters is 1. The van der Waals surface area contributed by atoms with E-state index in [0.29, 0.717) is 0 Å². The molecule has 1 fully saturated rings. The zero-order chi connectivity index (χ0) is 17.9. The molecule has 0 aliphatic carbocycles. The normalized spacial score (nSPS) is 16.2. The smallest absolute Gasteiger partial charge is 0.326 e. The Bertz CT molecular complexity index is 711. The summed E-state index contributed by atoms with van der Waals surface area (Å²) in [6, 6.07) is 5.46. The third-order valence-electron chi connectivity index (χ3n) is 3.24. The van der Waals surface area contributed by atoms with Crippen molar-refractivity contribution in [3.8, 4) is 5.75 Å². The van der Waals surface area contributed by atoms with Crippen LogP contribution in [0.5, 0.6) is 5.75 Å². The zero-order valence-electron chi connectivity index (χ0n) is 14.0. The molecule has 0 radical (unpaired) electrons. The number of thioether (sulfide) groups is 1. The van der Waals surface area contributed by atoms with Crippen LogP contribution in [0.4, 0.5) is 4.79 Å². The molecule has 6 nitrogen and oxygen atoms in total. The first-order valence-corrected chi connectivity index (χ1v) is 8.23. The zero-order valence-corrected chi connectivity index (χ0v) is 14.8. The van der Waals surface area contributed by atoms with Crippen molar-refractivity contribution in [1.29, 1.82) is 0 Å². The number of methoxy groups -OCH3 is 1. The van der Waals surface area contributed by atoms with Gasteiger partial charge in [0.1, 0.15) is 12.3 Å². The van der Waals surface area contributed by atoms with Crippen LogP contribution in [0, 0.1) is 6.92 Å². The highest BCUT2D eigenvalue weighted by Crippen LogP contribution is 2.32. The summed E-state index contributed by atoms with van der Waals surface area (Å²) in [5.41, 5.74) is 1.70. The number of aryl methyl sites for hydroxylation is 1. The Balaban J connectivity index is 2.15. The maximum absolute atomic E-state index is 12.3. The molecule has 1 saturated heterocycles. The fraction of sp³-hybridized carbons (Fsp3) is 0.353. The van der Waals surface area contributed by atoms with Crippen LogP contribution in [-0.4, -0.2) is 41.8 Å². The number of hydrogen-bond acceptors (Lipinski definition) is 6. The number of imide groups is 1. The van der Waals surface area contributed by atoms with E-state index in [2.05, 4.69) is 0 Å². The van der Waals surface area contributed by atoms with Crippen molar-refractivity contribution < 1.29 is 23.9 Å². The lowest BCUT2D eigenvalue weighted by Crippen LogP contribution is -2.35. The van der Waals surface area contributed by atoms with Crippen LogP contribution in [0.15, 0.2) is 23.1 Å². The molecule has 1 aromatic rings. The van der Waals surface area contributed by atoms with Gasteiger partial charge < -0.3 is 9.47 Å². The minimum Gasteiger partial charge on any atom is -0.496 e. The second-order valence-electron chi connectivity index (χ2n) is 5.54. The summed E-state index contributed by atoms with van der Waals surface area (Å²) in [5.74, 6) is -0.343. The summed E-state index contributed by atoms with van der Waals surface area (Å²) in [6.07, 6.45) is 1.33. The van der Waals surface area contributed by atoms with Gasteiger partial charge in [-0.25, -0.2) is 0 Å². The SMILES string of the molecule is COc1ccc(/C=C2/SC(=O)N(CC(=O)OC(C)C)C2=O)cc1C. The van der Waals surface area contributed by atoms with Gasteiger partial charge >= 0.3 is 5.97 Å². The summed E-state index contributed by atoms with van der Waals surface area (Å²) in [7, 11) is 1.59. The molecule has 0 aromatic heterocycles. The topological polar surface area (TPSA) is 72.9 Å². The second-order valence-corrected chi connectivity index (χ2v) is 6.53. The third-order valence-corrected chi connectivity index (χ3v) is 4.15. The minimum atomic E-state index is -0.603. The molecule has 2 rings (SSSR count). The predicted octanol–water partition coefficient (Wildman–Crippen LogP) is 2.99. The number of benzene rings is 1. The van der Waals surface area contributed by atoms with E-state index < -0.39 is 17.1 Å².